The second-order valence-corrected chi connectivity index (χ2v) is 4.80. The van der Waals surface area contributed by atoms with E-state index in [0.29, 0.717) is 13.1 Å². The molecule has 0 aromatic carbocycles. The van der Waals surface area contributed by atoms with Gasteiger partial charge in [-0.2, -0.15) is 18.4 Å². The van der Waals surface area contributed by atoms with E-state index in [1.807, 2.05) is 6.07 Å². The summed E-state index contributed by atoms with van der Waals surface area (Å²) in [5.74, 6) is -0.776. The van der Waals surface area contributed by atoms with Crippen LogP contribution in [-0.4, -0.2) is 29.1 Å². The molecule has 0 saturated heterocycles. The van der Waals surface area contributed by atoms with E-state index in [0.717, 1.165) is 12.8 Å². The van der Waals surface area contributed by atoms with Crippen LogP contribution in [0.3, 0.4) is 0 Å². The van der Waals surface area contributed by atoms with Crippen molar-refractivity contribution in [2.75, 3.05) is 23.3 Å². The molecule has 0 amide bonds. The van der Waals surface area contributed by atoms with Crippen molar-refractivity contribution in [3.63, 3.8) is 0 Å². The van der Waals surface area contributed by atoms with Crippen molar-refractivity contribution in [3.05, 3.63) is 11.9 Å². The molecule has 0 atom stereocenters. The number of alkyl halides is 3. The van der Waals surface area contributed by atoms with Crippen LogP contribution < -0.4 is 10.2 Å². The number of nitriles is 1. The quantitative estimate of drug-likeness (QED) is 0.875. The molecular formula is C13H16F3N5. The van der Waals surface area contributed by atoms with Gasteiger partial charge in [-0.25, -0.2) is 9.97 Å². The number of hydrogen-bond acceptors (Lipinski definition) is 5. The van der Waals surface area contributed by atoms with Gasteiger partial charge in [0.1, 0.15) is 11.6 Å². The Morgan fingerprint density at radius 3 is 2.67 bits per heavy atom. The van der Waals surface area contributed by atoms with E-state index < -0.39 is 12.0 Å². The lowest BCUT2D eigenvalue weighted by Crippen LogP contribution is -2.29. The number of hydrogen-bond donors (Lipinski definition) is 1. The summed E-state index contributed by atoms with van der Waals surface area (Å²) in [6.07, 6.45) is -2.52. The van der Waals surface area contributed by atoms with Crippen LogP contribution in [0.5, 0.6) is 0 Å². The van der Waals surface area contributed by atoms with E-state index in [1.54, 1.807) is 11.8 Å². The maximum atomic E-state index is 12.9. The zero-order valence-corrected chi connectivity index (χ0v) is 11.6. The molecule has 0 radical (unpaired) electrons. The van der Waals surface area contributed by atoms with E-state index in [9.17, 15) is 13.2 Å². The number of halogens is 3. The molecule has 1 aromatic heterocycles. The maximum absolute atomic E-state index is 12.9. The lowest BCUT2D eigenvalue weighted by Gasteiger charge is -2.23. The Kier molecular flexibility index (Phi) is 4.50. The van der Waals surface area contributed by atoms with Crippen LogP contribution in [0.25, 0.3) is 0 Å². The van der Waals surface area contributed by atoms with Crippen LogP contribution in [0.15, 0.2) is 6.07 Å². The molecule has 1 aliphatic rings. The van der Waals surface area contributed by atoms with Gasteiger partial charge in [-0.05, 0) is 19.8 Å². The fourth-order valence-electron chi connectivity index (χ4n) is 2.02. The van der Waals surface area contributed by atoms with Crippen molar-refractivity contribution < 1.29 is 13.2 Å². The highest BCUT2D eigenvalue weighted by atomic mass is 19.4. The van der Waals surface area contributed by atoms with Gasteiger partial charge in [0.2, 0.25) is 5.82 Å². The van der Waals surface area contributed by atoms with Gasteiger partial charge in [0.25, 0.3) is 0 Å². The summed E-state index contributed by atoms with van der Waals surface area (Å²) in [5.41, 5.74) is 0. The predicted octanol–water partition coefficient (Wildman–Crippen LogP) is 2.81. The van der Waals surface area contributed by atoms with E-state index >= 15 is 0 Å². The van der Waals surface area contributed by atoms with Crippen molar-refractivity contribution in [2.45, 2.75) is 38.4 Å². The number of nitrogens with one attached hydrogen (secondary N) is 1. The Balaban J connectivity index is 2.35. The first-order valence-corrected chi connectivity index (χ1v) is 6.79. The van der Waals surface area contributed by atoms with Crippen LogP contribution in [-0.2, 0) is 6.18 Å². The summed E-state index contributed by atoms with van der Waals surface area (Å²) in [7, 11) is 0. The first-order valence-electron chi connectivity index (χ1n) is 6.79. The predicted molar refractivity (Wildman–Crippen MR) is 71.8 cm³/mol. The fraction of sp³-hybridized carbons (Fsp3) is 0.615. The standard InChI is InChI=1S/C13H16F3N5/c1-2-18-10-8-11(20-12(19-10)13(14,15)16)21(7-3-6-17)9-4-5-9/h8-9H,2-5,7H2,1H3,(H,18,19,20). The lowest BCUT2D eigenvalue weighted by molar-refractivity contribution is -0.144. The van der Waals surface area contributed by atoms with Crippen LogP contribution in [0, 0.1) is 11.3 Å². The Labute approximate surface area is 120 Å². The van der Waals surface area contributed by atoms with Crippen LogP contribution in [0.4, 0.5) is 24.8 Å². The summed E-state index contributed by atoms with van der Waals surface area (Å²) in [6.45, 7) is 2.62. The summed E-state index contributed by atoms with van der Waals surface area (Å²) < 4.78 is 38.7. The first-order chi connectivity index (χ1) is 9.95. The van der Waals surface area contributed by atoms with Crippen molar-refractivity contribution in [3.8, 4) is 6.07 Å². The van der Waals surface area contributed by atoms with Gasteiger partial charge in [0.15, 0.2) is 0 Å². The largest absolute Gasteiger partial charge is 0.451 e. The number of nitrogens with zero attached hydrogens (tertiary/aromatic N) is 4. The summed E-state index contributed by atoms with van der Waals surface area (Å²) in [6, 6.07) is 3.69. The molecule has 1 saturated carbocycles. The van der Waals surface area contributed by atoms with Gasteiger partial charge in [-0.1, -0.05) is 0 Å². The molecule has 0 spiro atoms. The summed E-state index contributed by atoms with van der Waals surface area (Å²) in [4.78, 5) is 8.90. The van der Waals surface area contributed by atoms with E-state index in [4.69, 9.17) is 5.26 Å². The van der Waals surface area contributed by atoms with E-state index in [2.05, 4.69) is 15.3 Å². The van der Waals surface area contributed by atoms with Crippen molar-refractivity contribution >= 4 is 11.6 Å². The molecule has 0 aliphatic heterocycles. The van der Waals surface area contributed by atoms with Gasteiger partial charge < -0.3 is 10.2 Å². The van der Waals surface area contributed by atoms with Gasteiger partial charge in [-0.15, -0.1) is 0 Å². The average molecular weight is 299 g/mol. The molecule has 5 nitrogen and oxygen atoms in total. The number of rotatable bonds is 6. The lowest BCUT2D eigenvalue weighted by atomic mass is 10.3. The molecule has 2 rings (SSSR count). The molecule has 1 heterocycles. The molecule has 8 heteroatoms. The van der Waals surface area contributed by atoms with Crippen LogP contribution in [0.1, 0.15) is 32.0 Å². The summed E-state index contributed by atoms with van der Waals surface area (Å²) in [5, 5.41) is 11.5. The fourth-order valence-corrected chi connectivity index (χ4v) is 2.02. The topological polar surface area (TPSA) is 64.8 Å². The van der Waals surface area contributed by atoms with Crippen LogP contribution in [0.2, 0.25) is 0 Å². The average Bonchev–Trinajstić information content (AvgIpc) is 3.23. The second-order valence-electron chi connectivity index (χ2n) is 4.80. The maximum Gasteiger partial charge on any atom is 0.451 e. The molecule has 114 valence electrons. The third-order valence-corrected chi connectivity index (χ3v) is 3.07. The Bertz CT molecular complexity index is 534. The number of anilines is 2. The number of aromatic nitrogens is 2. The SMILES string of the molecule is CCNc1cc(N(CCC#N)C2CC2)nc(C(F)(F)F)n1. The van der Waals surface area contributed by atoms with Gasteiger partial charge in [-0.3, -0.25) is 0 Å². The zero-order valence-electron chi connectivity index (χ0n) is 11.6. The van der Waals surface area contributed by atoms with Crippen molar-refractivity contribution in [1.29, 1.82) is 5.26 Å². The molecule has 0 unspecified atom stereocenters. The second kappa shape index (κ2) is 6.16. The smallest absolute Gasteiger partial charge is 0.370 e. The first kappa shape index (κ1) is 15.4. The normalized spacial score (nSPS) is 14.6. The van der Waals surface area contributed by atoms with Gasteiger partial charge >= 0.3 is 6.18 Å². The van der Waals surface area contributed by atoms with Crippen molar-refractivity contribution in [1.82, 2.24) is 9.97 Å². The van der Waals surface area contributed by atoms with E-state index in [1.165, 1.54) is 6.07 Å². The highest BCUT2D eigenvalue weighted by molar-refractivity contribution is 5.51. The molecule has 21 heavy (non-hydrogen) atoms. The third kappa shape index (κ3) is 3.97. The Morgan fingerprint density at radius 1 is 1.43 bits per heavy atom. The van der Waals surface area contributed by atoms with Gasteiger partial charge in [0.05, 0.1) is 12.5 Å². The minimum Gasteiger partial charge on any atom is -0.370 e. The Hall–Kier alpha value is -2.04. The zero-order chi connectivity index (χ0) is 15.5. The van der Waals surface area contributed by atoms with Crippen molar-refractivity contribution in [2.24, 2.45) is 0 Å². The van der Waals surface area contributed by atoms with Crippen LogP contribution >= 0.6 is 0 Å². The monoisotopic (exact) mass is 299 g/mol. The highest BCUT2D eigenvalue weighted by Crippen LogP contribution is 2.34. The van der Waals surface area contributed by atoms with Gasteiger partial charge in [0, 0.05) is 25.2 Å². The molecule has 0 bridgehead atoms. The molecule has 1 fully saturated rings. The molecule has 1 N–H and O–H groups in total. The summed E-state index contributed by atoms with van der Waals surface area (Å²) >= 11 is 0. The van der Waals surface area contributed by atoms with E-state index in [-0.39, 0.29) is 24.1 Å². The minimum absolute atomic E-state index is 0.150. The highest BCUT2D eigenvalue weighted by Gasteiger charge is 2.37. The molecular weight excluding hydrogens is 283 g/mol. The molecule has 1 aromatic rings. The molecule has 1 aliphatic carbocycles. The minimum atomic E-state index is -4.59. The Morgan fingerprint density at radius 2 is 2.14 bits per heavy atom. The third-order valence-electron chi connectivity index (χ3n) is 3.07.